The molecule has 1 atom stereocenters. The van der Waals surface area contributed by atoms with Gasteiger partial charge in [-0.2, -0.15) is 0 Å². The highest BCUT2D eigenvalue weighted by molar-refractivity contribution is 5.85. The fourth-order valence-electron chi connectivity index (χ4n) is 4.32. The summed E-state index contributed by atoms with van der Waals surface area (Å²) in [6.07, 6.45) is 3.32. The van der Waals surface area contributed by atoms with Gasteiger partial charge in [0.1, 0.15) is 0 Å². The van der Waals surface area contributed by atoms with E-state index in [9.17, 15) is 14.0 Å². The second-order valence-corrected chi connectivity index (χ2v) is 7.70. The molecule has 7 heteroatoms. The molecule has 2 fully saturated rings. The number of carbonyl (C=O) groups is 2. The molecule has 28 heavy (non-hydrogen) atoms. The van der Waals surface area contributed by atoms with Gasteiger partial charge in [-0.1, -0.05) is 6.07 Å². The predicted molar refractivity (Wildman–Crippen MR) is 103 cm³/mol. The predicted octanol–water partition coefficient (Wildman–Crippen LogP) is 2.25. The molecule has 2 aliphatic heterocycles. The van der Waals surface area contributed by atoms with Crippen LogP contribution in [0, 0.1) is 11.2 Å². The van der Waals surface area contributed by atoms with Crippen LogP contribution in [-0.4, -0.2) is 68.6 Å². The maximum Gasteiger partial charge on any atom is 0.229 e. The highest BCUT2D eigenvalue weighted by Gasteiger charge is 2.46. The number of amides is 2. The topological polar surface area (TPSA) is 59.1 Å². The van der Waals surface area contributed by atoms with Crippen LogP contribution in [0.5, 0.6) is 5.75 Å². The third kappa shape index (κ3) is 4.29. The van der Waals surface area contributed by atoms with Crippen molar-refractivity contribution in [2.24, 2.45) is 5.41 Å². The van der Waals surface area contributed by atoms with E-state index < -0.39 is 5.82 Å². The molecule has 0 aromatic heterocycles. The van der Waals surface area contributed by atoms with Gasteiger partial charge >= 0.3 is 0 Å². The average molecular weight is 392 g/mol. The van der Waals surface area contributed by atoms with Gasteiger partial charge < -0.3 is 19.3 Å². The SMILES string of the molecule is COCCN1CCC2(CCCN(C(=O)Cc3ccc(OC)c(F)c3)CC2)C1=O. The number of benzene rings is 1. The van der Waals surface area contributed by atoms with Crippen LogP contribution in [0.2, 0.25) is 0 Å². The monoisotopic (exact) mass is 392 g/mol. The molecule has 6 nitrogen and oxygen atoms in total. The number of halogens is 1. The van der Waals surface area contributed by atoms with Crippen molar-refractivity contribution in [1.82, 2.24) is 9.80 Å². The molecule has 1 aromatic carbocycles. The standard InChI is InChI=1S/C21H29FN2O4/c1-27-13-12-24-11-8-21(20(24)26)6-3-9-23(10-7-21)19(25)15-16-4-5-18(28-2)17(22)14-16/h4-5,14H,3,6-13,15H2,1-2H3. The van der Waals surface area contributed by atoms with Crippen molar-refractivity contribution in [3.63, 3.8) is 0 Å². The van der Waals surface area contributed by atoms with Crippen molar-refractivity contribution in [3.05, 3.63) is 29.6 Å². The molecule has 2 heterocycles. The smallest absolute Gasteiger partial charge is 0.229 e. The van der Waals surface area contributed by atoms with E-state index in [1.54, 1.807) is 19.2 Å². The fourth-order valence-corrected chi connectivity index (χ4v) is 4.32. The van der Waals surface area contributed by atoms with Gasteiger partial charge in [0.15, 0.2) is 11.6 Å². The van der Waals surface area contributed by atoms with E-state index >= 15 is 0 Å². The normalized spacial score (nSPS) is 22.6. The molecule has 1 aromatic rings. The van der Waals surface area contributed by atoms with Gasteiger partial charge in [0.25, 0.3) is 0 Å². The lowest BCUT2D eigenvalue weighted by molar-refractivity contribution is -0.137. The molecule has 1 unspecified atom stereocenters. The Kier molecular flexibility index (Phi) is 6.54. The largest absolute Gasteiger partial charge is 0.494 e. The van der Waals surface area contributed by atoms with Gasteiger partial charge in [-0.3, -0.25) is 9.59 Å². The lowest BCUT2D eigenvalue weighted by Gasteiger charge is -2.26. The Morgan fingerprint density at radius 3 is 2.68 bits per heavy atom. The van der Waals surface area contributed by atoms with E-state index in [2.05, 4.69) is 0 Å². The highest BCUT2D eigenvalue weighted by atomic mass is 19.1. The summed E-state index contributed by atoms with van der Waals surface area (Å²) >= 11 is 0. The van der Waals surface area contributed by atoms with Crippen molar-refractivity contribution >= 4 is 11.8 Å². The third-order valence-corrected chi connectivity index (χ3v) is 6.03. The number of methoxy groups -OCH3 is 2. The Bertz CT molecular complexity index is 726. The molecular formula is C21H29FN2O4. The van der Waals surface area contributed by atoms with E-state index in [0.717, 1.165) is 25.8 Å². The molecule has 0 N–H and O–H groups in total. The summed E-state index contributed by atoms with van der Waals surface area (Å²) in [4.78, 5) is 29.4. The molecule has 0 saturated carbocycles. The second-order valence-electron chi connectivity index (χ2n) is 7.70. The van der Waals surface area contributed by atoms with Crippen LogP contribution in [0.3, 0.4) is 0 Å². The maximum atomic E-state index is 13.9. The van der Waals surface area contributed by atoms with Crippen LogP contribution < -0.4 is 4.74 Å². The Morgan fingerprint density at radius 2 is 1.96 bits per heavy atom. The van der Waals surface area contributed by atoms with E-state index in [4.69, 9.17) is 9.47 Å². The van der Waals surface area contributed by atoms with Crippen LogP contribution in [0.1, 0.15) is 31.2 Å². The van der Waals surface area contributed by atoms with Crippen molar-refractivity contribution in [3.8, 4) is 5.75 Å². The summed E-state index contributed by atoms with van der Waals surface area (Å²) < 4.78 is 23.9. The number of ether oxygens (including phenoxy) is 2. The van der Waals surface area contributed by atoms with Crippen LogP contribution in [0.4, 0.5) is 4.39 Å². The number of likely N-dealkylation sites (tertiary alicyclic amines) is 2. The first kappa shape index (κ1) is 20.6. The lowest BCUT2D eigenvalue weighted by atomic mass is 9.79. The molecule has 2 saturated heterocycles. The summed E-state index contributed by atoms with van der Waals surface area (Å²) in [5.74, 6) is -0.111. The summed E-state index contributed by atoms with van der Waals surface area (Å²) in [7, 11) is 3.05. The quantitative estimate of drug-likeness (QED) is 0.745. The van der Waals surface area contributed by atoms with Crippen molar-refractivity contribution in [2.75, 3.05) is 47.0 Å². The van der Waals surface area contributed by atoms with Crippen LogP contribution >= 0.6 is 0 Å². The molecular weight excluding hydrogens is 363 g/mol. The van der Waals surface area contributed by atoms with E-state index in [0.29, 0.717) is 38.2 Å². The molecule has 0 bridgehead atoms. The van der Waals surface area contributed by atoms with Crippen molar-refractivity contribution in [1.29, 1.82) is 0 Å². The first-order chi connectivity index (χ1) is 13.5. The number of hydrogen-bond donors (Lipinski definition) is 0. The Balaban J connectivity index is 1.60. The zero-order chi connectivity index (χ0) is 20.1. The molecule has 154 valence electrons. The van der Waals surface area contributed by atoms with Gasteiger partial charge in [-0.15, -0.1) is 0 Å². The number of rotatable bonds is 6. The van der Waals surface area contributed by atoms with Crippen molar-refractivity contribution < 1.29 is 23.5 Å². The second kappa shape index (κ2) is 8.90. The minimum absolute atomic E-state index is 0.0247. The Hall–Kier alpha value is -2.15. The zero-order valence-corrected chi connectivity index (χ0v) is 16.7. The molecule has 0 aliphatic carbocycles. The number of hydrogen-bond acceptors (Lipinski definition) is 4. The van der Waals surface area contributed by atoms with E-state index in [-0.39, 0.29) is 29.4 Å². The van der Waals surface area contributed by atoms with Crippen LogP contribution in [0.15, 0.2) is 18.2 Å². The van der Waals surface area contributed by atoms with Gasteiger partial charge in [0, 0.05) is 33.3 Å². The van der Waals surface area contributed by atoms with Gasteiger partial charge in [0.2, 0.25) is 11.8 Å². The van der Waals surface area contributed by atoms with E-state index in [1.807, 2.05) is 9.80 Å². The van der Waals surface area contributed by atoms with Crippen LogP contribution in [0.25, 0.3) is 0 Å². The van der Waals surface area contributed by atoms with Gasteiger partial charge in [0.05, 0.1) is 25.6 Å². The first-order valence-electron chi connectivity index (χ1n) is 9.87. The summed E-state index contributed by atoms with van der Waals surface area (Å²) in [5.41, 5.74) is 0.291. The average Bonchev–Trinajstić information content (AvgIpc) is 2.85. The van der Waals surface area contributed by atoms with Gasteiger partial charge in [-0.25, -0.2) is 4.39 Å². The molecule has 0 radical (unpaired) electrons. The highest BCUT2D eigenvalue weighted by Crippen LogP contribution is 2.41. The summed E-state index contributed by atoms with van der Waals surface area (Å²) in [6.45, 7) is 3.15. The van der Waals surface area contributed by atoms with Crippen LogP contribution in [-0.2, 0) is 20.7 Å². The summed E-state index contributed by atoms with van der Waals surface area (Å²) in [5, 5.41) is 0. The molecule has 3 rings (SSSR count). The Morgan fingerprint density at radius 1 is 1.18 bits per heavy atom. The molecule has 2 amide bonds. The summed E-state index contributed by atoms with van der Waals surface area (Å²) in [6, 6.07) is 4.61. The minimum atomic E-state index is -0.463. The maximum absolute atomic E-state index is 13.9. The zero-order valence-electron chi connectivity index (χ0n) is 16.7. The number of nitrogens with zero attached hydrogens (tertiary/aromatic N) is 2. The Labute approximate surface area is 165 Å². The fraction of sp³-hybridized carbons (Fsp3) is 0.619. The lowest BCUT2D eigenvalue weighted by Crippen LogP contribution is -2.38. The number of carbonyl (C=O) groups excluding carboxylic acids is 2. The van der Waals surface area contributed by atoms with Gasteiger partial charge in [-0.05, 0) is 43.4 Å². The first-order valence-corrected chi connectivity index (χ1v) is 9.87. The van der Waals surface area contributed by atoms with Crippen molar-refractivity contribution in [2.45, 2.75) is 32.1 Å². The van der Waals surface area contributed by atoms with E-state index in [1.165, 1.54) is 13.2 Å². The minimum Gasteiger partial charge on any atom is -0.494 e. The molecule has 1 spiro atoms. The third-order valence-electron chi connectivity index (χ3n) is 6.03. The molecule has 2 aliphatic rings.